The van der Waals surface area contributed by atoms with E-state index in [1.807, 2.05) is 0 Å². The van der Waals surface area contributed by atoms with Gasteiger partial charge in [0.05, 0.1) is 5.52 Å². The zero-order chi connectivity index (χ0) is 18.0. The van der Waals surface area contributed by atoms with Crippen LogP contribution in [0.15, 0.2) is 27.4 Å². The van der Waals surface area contributed by atoms with E-state index in [0.717, 1.165) is 32.5 Å². The Kier molecular flexibility index (Phi) is 4.89. The molecule has 8 heteroatoms. The lowest BCUT2D eigenvalue weighted by atomic mass is 10.1. The molecule has 2 N–H and O–H groups in total. The van der Waals surface area contributed by atoms with Crippen LogP contribution < -0.4 is 16.4 Å². The number of nitrogens with zero attached hydrogens (tertiary/aromatic N) is 2. The lowest BCUT2D eigenvalue weighted by Gasteiger charge is -2.32. The molecule has 134 valence electrons. The predicted octanol–water partition coefficient (Wildman–Crippen LogP) is 0.670. The fraction of sp³-hybridized carbons (Fsp3) is 0.471. The number of carbonyl (C=O) groups is 2. The van der Waals surface area contributed by atoms with Gasteiger partial charge in [0.2, 0.25) is 0 Å². The minimum absolute atomic E-state index is 0.0124. The number of nitrogens with one attached hydrogen (secondary N) is 2. The first-order chi connectivity index (χ1) is 12.0. The molecule has 0 unspecified atom stereocenters. The second kappa shape index (κ2) is 7.10. The number of piperidine rings is 1. The van der Waals surface area contributed by atoms with Crippen LogP contribution in [-0.2, 0) is 16.6 Å². The maximum atomic E-state index is 12.1. The van der Waals surface area contributed by atoms with E-state index < -0.39 is 17.6 Å². The molecular weight excluding hydrogens is 324 g/mol. The molecule has 0 aliphatic carbocycles. The number of oxazole rings is 1. The number of hydrogen-bond acceptors (Lipinski definition) is 5. The number of anilines is 1. The number of rotatable bonds is 3. The molecule has 1 aliphatic heterocycles. The highest BCUT2D eigenvalue weighted by molar-refractivity contribution is 6.39. The Hall–Kier alpha value is -2.61. The van der Waals surface area contributed by atoms with Gasteiger partial charge >= 0.3 is 17.6 Å². The summed E-state index contributed by atoms with van der Waals surface area (Å²) in [6.45, 7) is 4.80. The van der Waals surface area contributed by atoms with Gasteiger partial charge in [-0.25, -0.2) is 4.79 Å². The normalized spacial score (nSPS) is 18.2. The van der Waals surface area contributed by atoms with Crippen LogP contribution in [0.1, 0.15) is 19.8 Å². The van der Waals surface area contributed by atoms with Crippen LogP contribution in [0.25, 0.3) is 11.1 Å². The van der Waals surface area contributed by atoms with Crippen molar-refractivity contribution in [3.05, 3.63) is 28.7 Å². The molecule has 2 amide bonds. The van der Waals surface area contributed by atoms with Gasteiger partial charge in [0.15, 0.2) is 5.58 Å². The van der Waals surface area contributed by atoms with Crippen molar-refractivity contribution >= 4 is 28.6 Å². The van der Waals surface area contributed by atoms with Gasteiger partial charge in [-0.2, -0.15) is 0 Å². The number of aryl methyl sites for hydroxylation is 1. The van der Waals surface area contributed by atoms with Gasteiger partial charge < -0.3 is 20.0 Å². The lowest BCUT2D eigenvalue weighted by Crippen LogP contribution is -2.50. The van der Waals surface area contributed by atoms with Crippen LogP contribution in [0.4, 0.5) is 5.69 Å². The molecule has 8 nitrogen and oxygen atoms in total. The van der Waals surface area contributed by atoms with Crippen molar-refractivity contribution in [2.24, 2.45) is 7.05 Å². The fourth-order valence-corrected chi connectivity index (χ4v) is 3.11. The molecule has 0 spiro atoms. The highest BCUT2D eigenvalue weighted by Gasteiger charge is 2.23. The quantitative estimate of drug-likeness (QED) is 0.797. The summed E-state index contributed by atoms with van der Waals surface area (Å²) >= 11 is 0. The Morgan fingerprint density at radius 3 is 2.88 bits per heavy atom. The molecule has 2 heterocycles. The summed E-state index contributed by atoms with van der Waals surface area (Å²) in [4.78, 5) is 38.0. The summed E-state index contributed by atoms with van der Waals surface area (Å²) in [6, 6.07) is 4.80. The van der Waals surface area contributed by atoms with Crippen molar-refractivity contribution in [2.75, 3.05) is 25.0 Å². The zero-order valence-electron chi connectivity index (χ0n) is 14.4. The Morgan fingerprint density at radius 2 is 2.12 bits per heavy atom. The first-order valence-corrected chi connectivity index (χ1v) is 8.41. The van der Waals surface area contributed by atoms with Gasteiger partial charge in [-0.05, 0) is 38.1 Å². The predicted molar refractivity (Wildman–Crippen MR) is 93.4 cm³/mol. The molecular formula is C17H22N4O4. The third kappa shape index (κ3) is 3.74. The van der Waals surface area contributed by atoms with Gasteiger partial charge in [-0.3, -0.25) is 14.2 Å². The molecule has 1 aliphatic rings. The van der Waals surface area contributed by atoms with E-state index in [1.165, 1.54) is 10.6 Å². The van der Waals surface area contributed by atoms with Crippen LogP contribution in [0.3, 0.4) is 0 Å². The third-order valence-corrected chi connectivity index (χ3v) is 4.54. The number of likely N-dealkylation sites (tertiary alicyclic amines) is 1. The molecule has 1 aromatic carbocycles. The van der Waals surface area contributed by atoms with E-state index in [0.29, 0.717) is 16.8 Å². The number of carbonyl (C=O) groups excluding carboxylic acids is 2. The summed E-state index contributed by atoms with van der Waals surface area (Å²) < 4.78 is 6.45. The van der Waals surface area contributed by atoms with Gasteiger partial charge in [0.25, 0.3) is 0 Å². The fourth-order valence-electron chi connectivity index (χ4n) is 3.11. The van der Waals surface area contributed by atoms with Crippen LogP contribution >= 0.6 is 0 Å². The summed E-state index contributed by atoms with van der Waals surface area (Å²) in [5.41, 5.74) is 1.38. The largest absolute Gasteiger partial charge is 0.419 e. The van der Waals surface area contributed by atoms with Crippen LogP contribution in [-0.4, -0.2) is 47.0 Å². The maximum Gasteiger partial charge on any atom is 0.419 e. The number of likely N-dealkylation sites (N-methyl/N-ethyl adjacent to an activating group) is 1. The second-order valence-electron chi connectivity index (χ2n) is 6.27. The van der Waals surface area contributed by atoms with E-state index in [-0.39, 0.29) is 6.04 Å². The molecule has 0 saturated carbocycles. The SMILES string of the molecule is CCN1CCC[C@H](NC(=O)C(=O)Nc2ccc3c(c2)oc(=O)n3C)C1. The Labute approximate surface area is 144 Å². The Bertz CT molecular complexity index is 854. The molecule has 2 aromatic rings. The smallest absolute Gasteiger partial charge is 0.408 e. The van der Waals surface area contributed by atoms with Crippen LogP contribution in [0.2, 0.25) is 0 Å². The van der Waals surface area contributed by atoms with Crippen molar-refractivity contribution in [3.8, 4) is 0 Å². The highest BCUT2D eigenvalue weighted by Crippen LogP contribution is 2.17. The first-order valence-electron chi connectivity index (χ1n) is 8.41. The number of fused-ring (bicyclic) bond motifs is 1. The topological polar surface area (TPSA) is 96.6 Å². The third-order valence-electron chi connectivity index (χ3n) is 4.54. The molecule has 1 saturated heterocycles. The Morgan fingerprint density at radius 1 is 1.32 bits per heavy atom. The van der Waals surface area contributed by atoms with Crippen molar-refractivity contribution in [3.63, 3.8) is 0 Å². The van der Waals surface area contributed by atoms with Crippen LogP contribution in [0, 0.1) is 0 Å². The molecule has 3 rings (SSSR count). The monoisotopic (exact) mass is 346 g/mol. The van der Waals surface area contributed by atoms with Crippen molar-refractivity contribution in [1.82, 2.24) is 14.8 Å². The van der Waals surface area contributed by atoms with Gasteiger partial charge in [-0.1, -0.05) is 6.92 Å². The van der Waals surface area contributed by atoms with Gasteiger partial charge in [-0.15, -0.1) is 0 Å². The zero-order valence-corrected chi connectivity index (χ0v) is 14.4. The van der Waals surface area contributed by atoms with E-state index >= 15 is 0 Å². The van der Waals surface area contributed by atoms with Crippen molar-refractivity contribution in [2.45, 2.75) is 25.8 Å². The summed E-state index contributed by atoms with van der Waals surface area (Å²) in [5.74, 6) is -1.86. The molecule has 25 heavy (non-hydrogen) atoms. The van der Waals surface area contributed by atoms with Crippen molar-refractivity contribution in [1.29, 1.82) is 0 Å². The Balaban J connectivity index is 1.63. The molecule has 0 radical (unpaired) electrons. The lowest BCUT2D eigenvalue weighted by molar-refractivity contribution is -0.136. The van der Waals surface area contributed by atoms with E-state index in [9.17, 15) is 14.4 Å². The number of aromatic nitrogens is 1. The molecule has 1 aromatic heterocycles. The number of hydrogen-bond donors (Lipinski definition) is 2. The minimum atomic E-state index is -0.730. The summed E-state index contributed by atoms with van der Waals surface area (Å²) in [6.07, 6.45) is 1.88. The minimum Gasteiger partial charge on any atom is -0.408 e. The van der Waals surface area contributed by atoms with Gasteiger partial charge in [0, 0.05) is 31.4 Å². The van der Waals surface area contributed by atoms with Gasteiger partial charge in [0.1, 0.15) is 0 Å². The molecule has 0 bridgehead atoms. The van der Waals surface area contributed by atoms with E-state index in [4.69, 9.17) is 4.42 Å². The molecule has 1 atom stereocenters. The summed E-state index contributed by atoms with van der Waals surface area (Å²) in [5, 5.41) is 5.32. The average Bonchev–Trinajstić information content (AvgIpc) is 2.88. The van der Waals surface area contributed by atoms with Crippen LogP contribution in [0.5, 0.6) is 0 Å². The van der Waals surface area contributed by atoms with E-state index in [1.54, 1.807) is 19.2 Å². The van der Waals surface area contributed by atoms with Crippen molar-refractivity contribution < 1.29 is 14.0 Å². The summed E-state index contributed by atoms with van der Waals surface area (Å²) in [7, 11) is 1.60. The van der Waals surface area contributed by atoms with E-state index in [2.05, 4.69) is 22.5 Å². The molecule has 1 fully saturated rings. The standard InChI is InChI=1S/C17H22N4O4/c1-3-21-8-4-5-12(10-21)19-16(23)15(22)18-11-6-7-13-14(9-11)25-17(24)20(13)2/h6-7,9,12H,3-5,8,10H2,1-2H3,(H,18,22)(H,19,23)/t12-/m0/s1. The second-order valence-corrected chi connectivity index (χ2v) is 6.27. The maximum absolute atomic E-state index is 12.1. The highest BCUT2D eigenvalue weighted by atomic mass is 16.4. The average molecular weight is 346 g/mol. The first kappa shape index (κ1) is 17.2. The number of amides is 2. The number of benzene rings is 1.